The number of hydrogen-bond donors (Lipinski definition) is 1. The van der Waals surface area contributed by atoms with Crippen molar-refractivity contribution in [2.24, 2.45) is 5.92 Å². The zero-order valence-electron chi connectivity index (χ0n) is 8.97. The quantitative estimate of drug-likeness (QED) is 0.647. The lowest BCUT2D eigenvalue weighted by Crippen LogP contribution is -2.22. The lowest BCUT2D eigenvalue weighted by atomic mass is 10.0. The van der Waals surface area contributed by atoms with Crippen molar-refractivity contribution in [3.8, 4) is 0 Å². The summed E-state index contributed by atoms with van der Waals surface area (Å²) in [4.78, 5) is 0. The van der Waals surface area contributed by atoms with Crippen LogP contribution in [0, 0.1) is 5.92 Å². The molecule has 1 rings (SSSR count). The highest BCUT2D eigenvalue weighted by Gasteiger charge is 2.16. The summed E-state index contributed by atoms with van der Waals surface area (Å²) in [6.07, 6.45) is 8.18. The molecule has 0 radical (unpaired) electrons. The molecule has 1 unspecified atom stereocenters. The third-order valence-corrected chi connectivity index (χ3v) is 5.30. The molecule has 1 heterocycles. The van der Waals surface area contributed by atoms with Gasteiger partial charge in [-0.05, 0) is 31.1 Å². The molecule has 0 aromatic rings. The van der Waals surface area contributed by atoms with Gasteiger partial charge < -0.3 is 5.32 Å². The number of nitrogens with one attached hydrogen (secondary N) is 1. The van der Waals surface area contributed by atoms with Gasteiger partial charge >= 0.3 is 0 Å². The summed E-state index contributed by atoms with van der Waals surface area (Å²) < 4.78 is 0. The fraction of sp³-hybridized carbons (Fsp3) is 0.818. The van der Waals surface area contributed by atoms with Gasteiger partial charge in [0.1, 0.15) is 0 Å². The molecule has 76 valence electrons. The Balaban J connectivity index is 2.08. The van der Waals surface area contributed by atoms with Gasteiger partial charge in [-0.1, -0.05) is 34.8 Å². The van der Waals surface area contributed by atoms with E-state index in [1.165, 1.54) is 43.6 Å². The summed E-state index contributed by atoms with van der Waals surface area (Å²) >= 11 is 0. The highest BCUT2D eigenvalue weighted by molar-refractivity contribution is 7.59. The normalized spacial score (nSPS) is 19.2. The van der Waals surface area contributed by atoms with Gasteiger partial charge in [-0.3, -0.25) is 0 Å². The van der Waals surface area contributed by atoms with E-state index < -0.39 is 0 Å². The summed E-state index contributed by atoms with van der Waals surface area (Å²) in [5.41, 5.74) is 1.26. The van der Waals surface area contributed by atoms with Crippen LogP contribution in [0.2, 0.25) is 0 Å². The lowest BCUT2D eigenvalue weighted by Gasteiger charge is -2.28. The largest absolute Gasteiger partial charge is 0.385 e. The van der Waals surface area contributed by atoms with Gasteiger partial charge in [0, 0.05) is 12.0 Å². The molecule has 0 aromatic carbocycles. The molecule has 1 aliphatic rings. The van der Waals surface area contributed by atoms with Crippen LogP contribution in [0.4, 0.5) is 0 Å². The van der Waals surface area contributed by atoms with Gasteiger partial charge in [0.2, 0.25) is 0 Å². The van der Waals surface area contributed by atoms with Crippen LogP contribution in [0.3, 0.4) is 0 Å². The predicted octanol–water partition coefficient (Wildman–Crippen LogP) is 3.37. The molecule has 13 heavy (non-hydrogen) atoms. The third-order valence-electron chi connectivity index (χ3n) is 2.79. The molecule has 0 aromatic heterocycles. The topological polar surface area (TPSA) is 12.0 Å². The van der Waals surface area contributed by atoms with Crippen molar-refractivity contribution in [2.75, 3.05) is 18.6 Å². The Kier molecular flexibility index (Phi) is 4.80. The number of rotatable bonds is 6. The SMILES string of the molecule is C=C(NCP1CCC1)C(C)CCC. The third kappa shape index (κ3) is 3.68. The van der Waals surface area contributed by atoms with E-state index in [4.69, 9.17) is 0 Å². The molecule has 0 bridgehead atoms. The maximum absolute atomic E-state index is 4.10. The molecule has 1 nitrogen and oxygen atoms in total. The Morgan fingerprint density at radius 2 is 2.23 bits per heavy atom. The first-order chi connectivity index (χ1) is 6.24. The van der Waals surface area contributed by atoms with Crippen LogP contribution in [-0.4, -0.2) is 18.6 Å². The smallest absolute Gasteiger partial charge is 0.0344 e. The molecule has 0 spiro atoms. The lowest BCUT2D eigenvalue weighted by molar-refractivity contribution is 0.569. The van der Waals surface area contributed by atoms with Crippen molar-refractivity contribution >= 4 is 7.92 Å². The maximum Gasteiger partial charge on any atom is 0.0344 e. The monoisotopic (exact) mass is 199 g/mol. The van der Waals surface area contributed by atoms with E-state index in [0.29, 0.717) is 13.8 Å². The first-order valence-electron chi connectivity index (χ1n) is 5.39. The second kappa shape index (κ2) is 5.65. The van der Waals surface area contributed by atoms with Gasteiger partial charge in [0.25, 0.3) is 0 Å². The standard InChI is InChI=1S/C11H22NP/c1-4-6-10(2)11(3)12-9-13-7-5-8-13/h10,12H,3-9H2,1-2H3. The second-order valence-electron chi connectivity index (χ2n) is 4.02. The average Bonchev–Trinajstić information content (AvgIpc) is 2.01. The number of allylic oxidation sites excluding steroid dienone is 1. The van der Waals surface area contributed by atoms with Crippen molar-refractivity contribution in [1.82, 2.24) is 5.32 Å². The summed E-state index contributed by atoms with van der Waals surface area (Å²) in [5.74, 6) is 0.654. The molecule has 1 atom stereocenters. The van der Waals surface area contributed by atoms with Crippen LogP contribution in [-0.2, 0) is 0 Å². The van der Waals surface area contributed by atoms with Crippen LogP contribution in [0.5, 0.6) is 0 Å². The molecule has 1 saturated heterocycles. The van der Waals surface area contributed by atoms with Crippen molar-refractivity contribution in [2.45, 2.75) is 33.1 Å². The van der Waals surface area contributed by atoms with E-state index in [2.05, 4.69) is 25.7 Å². The van der Waals surface area contributed by atoms with Crippen LogP contribution in [0.15, 0.2) is 12.3 Å². The molecule has 1 fully saturated rings. The summed E-state index contributed by atoms with van der Waals surface area (Å²) in [7, 11) is 0.364. The fourth-order valence-corrected chi connectivity index (χ4v) is 3.04. The van der Waals surface area contributed by atoms with Crippen molar-refractivity contribution in [1.29, 1.82) is 0 Å². The predicted molar refractivity (Wildman–Crippen MR) is 62.5 cm³/mol. The molecule has 2 heteroatoms. The Morgan fingerprint density at radius 3 is 2.69 bits per heavy atom. The highest BCUT2D eigenvalue weighted by Crippen LogP contribution is 2.44. The molecule has 0 aliphatic carbocycles. The van der Waals surface area contributed by atoms with E-state index in [0.717, 1.165) is 0 Å². The molecule has 0 amide bonds. The Morgan fingerprint density at radius 1 is 1.54 bits per heavy atom. The first-order valence-corrected chi connectivity index (χ1v) is 7.28. The summed E-state index contributed by atoms with van der Waals surface area (Å²) in [6, 6.07) is 0. The van der Waals surface area contributed by atoms with Gasteiger partial charge in [0.15, 0.2) is 0 Å². The van der Waals surface area contributed by atoms with Crippen LogP contribution < -0.4 is 5.32 Å². The van der Waals surface area contributed by atoms with Crippen LogP contribution in [0.1, 0.15) is 33.1 Å². The minimum atomic E-state index is 0.364. The molecule has 0 saturated carbocycles. The van der Waals surface area contributed by atoms with E-state index in [9.17, 15) is 0 Å². The van der Waals surface area contributed by atoms with Crippen LogP contribution >= 0.6 is 7.92 Å². The molecular weight excluding hydrogens is 177 g/mol. The van der Waals surface area contributed by atoms with E-state index in [1.54, 1.807) is 0 Å². The van der Waals surface area contributed by atoms with Gasteiger partial charge in [-0.2, -0.15) is 0 Å². The maximum atomic E-state index is 4.10. The van der Waals surface area contributed by atoms with E-state index in [-0.39, 0.29) is 0 Å². The highest BCUT2D eigenvalue weighted by atomic mass is 31.1. The Bertz CT molecular complexity index is 163. The second-order valence-corrected chi connectivity index (χ2v) is 6.57. The zero-order valence-corrected chi connectivity index (χ0v) is 9.87. The van der Waals surface area contributed by atoms with Crippen LogP contribution in [0.25, 0.3) is 0 Å². The van der Waals surface area contributed by atoms with Crippen molar-refractivity contribution in [3.63, 3.8) is 0 Å². The van der Waals surface area contributed by atoms with E-state index in [1.807, 2.05) is 0 Å². The Hall–Kier alpha value is -0.0300. The minimum Gasteiger partial charge on any atom is -0.385 e. The van der Waals surface area contributed by atoms with Gasteiger partial charge in [0.05, 0.1) is 0 Å². The first kappa shape index (κ1) is 11.0. The summed E-state index contributed by atoms with van der Waals surface area (Å²) in [5, 5.41) is 3.50. The number of hydrogen-bond acceptors (Lipinski definition) is 1. The average molecular weight is 199 g/mol. The van der Waals surface area contributed by atoms with Crippen molar-refractivity contribution in [3.05, 3.63) is 12.3 Å². The molecule has 1 aliphatic heterocycles. The van der Waals surface area contributed by atoms with Gasteiger partial charge in [-0.25, -0.2) is 0 Å². The zero-order chi connectivity index (χ0) is 9.68. The van der Waals surface area contributed by atoms with Gasteiger partial charge in [-0.15, -0.1) is 0 Å². The summed E-state index contributed by atoms with van der Waals surface area (Å²) in [6.45, 7) is 8.61. The molecule has 1 N–H and O–H groups in total. The van der Waals surface area contributed by atoms with E-state index >= 15 is 0 Å². The minimum absolute atomic E-state index is 0.364. The Labute approximate surface area is 83.7 Å². The molecular formula is C11H22NP. The van der Waals surface area contributed by atoms with Crippen molar-refractivity contribution < 1.29 is 0 Å². The fourth-order valence-electron chi connectivity index (χ4n) is 1.53.